The van der Waals surface area contributed by atoms with Gasteiger partial charge in [-0.3, -0.25) is 19.6 Å². The van der Waals surface area contributed by atoms with Crippen molar-refractivity contribution in [2.75, 3.05) is 17.1 Å². The van der Waals surface area contributed by atoms with Crippen molar-refractivity contribution in [3.8, 4) is 5.88 Å². The molecule has 3 rings (SSSR count). The van der Waals surface area contributed by atoms with Crippen molar-refractivity contribution in [1.29, 1.82) is 0 Å². The fourth-order valence-electron chi connectivity index (χ4n) is 2.42. The zero-order chi connectivity index (χ0) is 22.6. The summed E-state index contributed by atoms with van der Waals surface area (Å²) in [6.07, 6.45) is 1.15. The van der Waals surface area contributed by atoms with Crippen LogP contribution in [0.3, 0.4) is 0 Å². The molecule has 0 aliphatic carbocycles. The molecule has 0 spiro atoms. The van der Waals surface area contributed by atoms with Crippen molar-refractivity contribution in [2.45, 2.75) is 4.90 Å². The van der Waals surface area contributed by atoms with Gasteiger partial charge in [-0.25, -0.2) is 18.4 Å². The summed E-state index contributed by atoms with van der Waals surface area (Å²) in [4.78, 5) is 30.2. The molecule has 0 atom stereocenters. The number of nitro benzene ring substituents is 1. The van der Waals surface area contributed by atoms with Gasteiger partial charge in [-0.2, -0.15) is 0 Å². The van der Waals surface area contributed by atoms with Crippen LogP contribution in [0.15, 0.2) is 59.8 Å². The lowest BCUT2D eigenvalue weighted by Gasteiger charge is -2.10. The van der Waals surface area contributed by atoms with Gasteiger partial charge in [-0.1, -0.05) is 11.6 Å². The molecule has 0 unspecified atom stereocenters. The Hall–Kier alpha value is -3.77. The lowest BCUT2D eigenvalue weighted by molar-refractivity contribution is -0.384. The highest BCUT2D eigenvalue weighted by Gasteiger charge is 2.18. The maximum atomic E-state index is 12.5. The minimum Gasteiger partial charge on any atom is -0.481 e. The van der Waals surface area contributed by atoms with Crippen LogP contribution < -0.4 is 14.8 Å². The van der Waals surface area contributed by atoms with Gasteiger partial charge < -0.3 is 10.1 Å². The minimum absolute atomic E-state index is 0.0181. The summed E-state index contributed by atoms with van der Waals surface area (Å²) in [6, 6.07) is 10.1. The summed E-state index contributed by atoms with van der Waals surface area (Å²) in [5.74, 6) is -0.481. The molecule has 0 radical (unpaired) electrons. The van der Waals surface area contributed by atoms with Gasteiger partial charge in [-0.05, 0) is 30.3 Å². The molecular weight excluding hydrogens is 450 g/mol. The number of anilines is 2. The predicted octanol–water partition coefficient (Wildman–Crippen LogP) is 3.10. The average molecular weight is 464 g/mol. The zero-order valence-electron chi connectivity index (χ0n) is 15.8. The Morgan fingerprint density at radius 1 is 1.13 bits per heavy atom. The predicted molar refractivity (Wildman–Crippen MR) is 112 cm³/mol. The summed E-state index contributed by atoms with van der Waals surface area (Å²) in [7, 11) is -2.58. The van der Waals surface area contributed by atoms with E-state index in [1.54, 1.807) is 0 Å². The highest BCUT2D eigenvalue weighted by molar-refractivity contribution is 7.92. The molecule has 1 heterocycles. The summed E-state index contributed by atoms with van der Waals surface area (Å²) in [5, 5.41) is 13.4. The smallest absolute Gasteiger partial charge is 0.270 e. The molecule has 1 aromatic heterocycles. The number of carbonyl (C=O) groups excluding carboxylic acids is 1. The number of benzene rings is 2. The van der Waals surface area contributed by atoms with Gasteiger partial charge in [0.05, 0.1) is 27.5 Å². The van der Waals surface area contributed by atoms with E-state index in [0.29, 0.717) is 0 Å². The van der Waals surface area contributed by atoms with Crippen molar-refractivity contribution in [1.82, 2.24) is 9.97 Å². The van der Waals surface area contributed by atoms with E-state index in [0.717, 1.165) is 12.4 Å². The normalized spacial score (nSPS) is 10.9. The van der Waals surface area contributed by atoms with E-state index in [1.807, 2.05) is 0 Å². The third kappa shape index (κ3) is 5.24. The quantitative estimate of drug-likeness (QED) is 0.400. The van der Waals surface area contributed by atoms with Crippen molar-refractivity contribution in [3.05, 3.63) is 75.6 Å². The molecule has 0 saturated heterocycles. The van der Waals surface area contributed by atoms with E-state index in [1.165, 1.54) is 49.6 Å². The fraction of sp³-hybridized carbons (Fsp3) is 0.0556. The maximum Gasteiger partial charge on any atom is 0.270 e. The highest BCUT2D eigenvalue weighted by Crippen LogP contribution is 2.24. The number of hydrogen-bond acceptors (Lipinski definition) is 8. The maximum absolute atomic E-state index is 12.5. The van der Waals surface area contributed by atoms with Crippen LogP contribution in [0.25, 0.3) is 0 Å². The Balaban J connectivity index is 1.76. The second-order valence-electron chi connectivity index (χ2n) is 5.95. The first-order chi connectivity index (χ1) is 14.7. The number of nitrogens with zero attached hydrogens (tertiary/aromatic N) is 3. The van der Waals surface area contributed by atoms with Gasteiger partial charge >= 0.3 is 0 Å². The second kappa shape index (κ2) is 8.93. The zero-order valence-corrected chi connectivity index (χ0v) is 17.3. The van der Waals surface area contributed by atoms with Crippen LogP contribution in [0, 0.1) is 10.1 Å². The van der Waals surface area contributed by atoms with Crippen LogP contribution >= 0.6 is 11.6 Å². The van der Waals surface area contributed by atoms with Gasteiger partial charge in [-0.15, -0.1) is 0 Å². The molecule has 2 N–H and O–H groups in total. The summed E-state index contributed by atoms with van der Waals surface area (Å²) < 4.78 is 32.3. The number of rotatable bonds is 7. The van der Waals surface area contributed by atoms with Crippen molar-refractivity contribution >= 4 is 44.7 Å². The second-order valence-corrected chi connectivity index (χ2v) is 8.04. The lowest BCUT2D eigenvalue weighted by Crippen LogP contribution is -2.15. The Morgan fingerprint density at radius 3 is 2.48 bits per heavy atom. The van der Waals surface area contributed by atoms with Crippen LogP contribution in [0.4, 0.5) is 17.2 Å². The molecule has 31 heavy (non-hydrogen) atoms. The fourth-order valence-corrected chi connectivity index (χ4v) is 3.62. The molecule has 0 fully saturated rings. The Kier molecular flexibility index (Phi) is 6.32. The molecule has 0 aliphatic heterocycles. The first-order valence-electron chi connectivity index (χ1n) is 8.44. The SMILES string of the molecule is COc1cc(NS(=O)(=O)c2ccc(NC(=O)c3cc([N+](=O)[O-])ccc3Cl)cc2)ncn1. The van der Waals surface area contributed by atoms with Crippen LogP contribution in [0.1, 0.15) is 10.4 Å². The molecule has 160 valence electrons. The molecule has 0 saturated carbocycles. The van der Waals surface area contributed by atoms with Crippen LogP contribution in [0.2, 0.25) is 5.02 Å². The van der Waals surface area contributed by atoms with E-state index >= 15 is 0 Å². The number of nitrogens with one attached hydrogen (secondary N) is 2. The van der Waals surface area contributed by atoms with Gasteiger partial charge in [0, 0.05) is 23.9 Å². The van der Waals surface area contributed by atoms with Gasteiger partial charge in [0.15, 0.2) is 0 Å². The van der Waals surface area contributed by atoms with E-state index in [9.17, 15) is 23.3 Å². The molecule has 3 aromatic rings. The number of ether oxygens (including phenoxy) is 1. The minimum atomic E-state index is -3.96. The number of nitro groups is 1. The van der Waals surface area contributed by atoms with Gasteiger partial charge in [0.1, 0.15) is 12.1 Å². The average Bonchev–Trinajstić information content (AvgIpc) is 2.74. The van der Waals surface area contributed by atoms with E-state index in [4.69, 9.17) is 16.3 Å². The number of non-ortho nitro benzene ring substituents is 1. The summed E-state index contributed by atoms with van der Waals surface area (Å²) in [6.45, 7) is 0. The number of methoxy groups -OCH3 is 1. The standard InChI is InChI=1S/C18H14ClN5O6S/c1-30-17-9-16(20-10-21-17)23-31(28,29)13-5-2-11(3-6-13)22-18(25)14-8-12(24(26)27)4-7-15(14)19/h2-10H,1H3,(H,22,25)(H,20,21,23). The molecule has 1 amide bonds. The Morgan fingerprint density at radius 2 is 1.84 bits per heavy atom. The topological polar surface area (TPSA) is 153 Å². The number of aromatic nitrogens is 2. The molecule has 13 heteroatoms. The third-order valence-electron chi connectivity index (χ3n) is 3.92. The third-order valence-corrected chi connectivity index (χ3v) is 5.62. The van der Waals surface area contributed by atoms with Gasteiger partial charge in [0.25, 0.3) is 21.6 Å². The summed E-state index contributed by atoms with van der Waals surface area (Å²) in [5.41, 5.74) is -0.120. The largest absolute Gasteiger partial charge is 0.481 e. The number of hydrogen-bond donors (Lipinski definition) is 2. The van der Waals surface area contributed by atoms with Gasteiger partial charge in [0.2, 0.25) is 5.88 Å². The van der Waals surface area contributed by atoms with Crippen molar-refractivity contribution in [3.63, 3.8) is 0 Å². The molecule has 2 aromatic carbocycles. The number of carbonyl (C=O) groups is 1. The van der Waals surface area contributed by atoms with Crippen LogP contribution in [-0.4, -0.2) is 36.3 Å². The van der Waals surface area contributed by atoms with Crippen LogP contribution in [0.5, 0.6) is 5.88 Å². The van der Waals surface area contributed by atoms with Crippen molar-refractivity contribution in [2.24, 2.45) is 0 Å². The first-order valence-corrected chi connectivity index (χ1v) is 10.3. The van der Waals surface area contributed by atoms with Crippen molar-refractivity contribution < 1.29 is 22.9 Å². The Bertz CT molecular complexity index is 1250. The number of sulfonamides is 1. The molecular formula is C18H14ClN5O6S. The van der Waals surface area contributed by atoms with Crippen LogP contribution in [-0.2, 0) is 10.0 Å². The lowest BCUT2D eigenvalue weighted by atomic mass is 10.2. The first kappa shape index (κ1) is 21.9. The molecule has 11 nitrogen and oxygen atoms in total. The van der Waals surface area contributed by atoms with E-state index in [-0.39, 0.29) is 38.6 Å². The molecule has 0 bridgehead atoms. The Labute approximate surface area is 181 Å². The van der Waals surface area contributed by atoms with E-state index in [2.05, 4.69) is 20.0 Å². The number of amides is 1. The monoisotopic (exact) mass is 463 g/mol. The number of halogens is 1. The van der Waals surface area contributed by atoms with E-state index < -0.39 is 20.9 Å². The summed E-state index contributed by atoms with van der Waals surface area (Å²) >= 11 is 5.96. The molecule has 0 aliphatic rings. The highest BCUT2D eigenvalue weighted by atomic mass is 35.5.